The summed E-state index contributed by atoms with van der Waals surface area (Å²) in [6, 6.07) is 11.3. The average molecular weight is 396 g/mol. The Morgan fingerprint density at radius 3 is 2.12 bits per heavy atom. The number of aryl methyl sites for hydroxylation is 2. The van der Waals surface area contributed by atoms with Gasteiger partial charge in [0.25, 0.3) is 10.0 Å². The molecule has 0 radical (unpaired) electrons. The lowest BCUT2D eigenvalue weighted by molar-refractivity contribution is -0.145. The molecule has 0 aliphatic rings. The summed E-state index contributed by atoms with van der Waals surface area (Å²) >= 11 is 5.87. The fourth-order valence-electron chi connectivity index (χ4n) is 2.63. The molecule has 0 aliphatic heterocycles. The van der Waals surface area contributed by atoms with E-state index in [0.717, 1.165) is 15.4 Å². The van der Waals surface area contributed by atoms with Gasteiger partial charge in [-0.15, -0.1) is 0 Å². The third-order valence-electron chi connectivity index (χ3n) is 3.73. The lowest BCUT2D eigenvalue weighted by Crippen LogP contribution is -2.38. The summed E-state index contributed by atoms with van der Waals surface area (Å²) in [5, 5.41) is 0.432. The van der Waals surface area contributed by atoms with Gasteiger partial charge in [0, 0.05) is 5.02 Å². The summed E-state index contributed by atoms with van der Waals surface area (Å²) in [6.45, 7) is 6.64. The molecule has 5 nitrogen and oxygen atoms in total. The van der Waals surface area contributed by atoms with Crippen molar-refractivity contribution in [1.82, 2.24) is 0 Å². The molecule has 0 fully saturated rings. The second-order valence-corrected chi connectivity index (χ2v) is 8.54. The van der Waals surface area contributed by atoms with Crippen LogP contribution in [0, 0.1) is 13.8 Å². The first-order valence-corrected chi connectivity index (χ1v) is 9.98. The minimum atomic E-state index is -3.97. The number of hydrogen-bond donors (Lipinski definition) is 0. The molecule has 0 bridgehead atoms. The minimum Gasteiger partial charge on any atom is -0.462 e. The van der Waals surface area contributed by atoms with Crippen molar-refractivity contribution in [3.8, 4) is 0 Å². The quantitative estimate of drug-likeness (QED) is 0.690. The fraction of sp³-hybridized carbons (Fsp3) is 0.316. The van der Waals surface area contributed by atoms with Crippen molar-refractivity contribution in [3.63, 3.8) is 0 Å². The lowest BCUT2D eigenvalue weighted by Gasteiger charge is -2.27. The van der Waals surface area contributed by atoms with Crippen molar-refractivity contribution in [1.29, 1.82) is 0 Å². The van der Waals surface area contributed by atoms with Crippen LogP contribution in [-0.2, 0) is 19.6 Å². The molecule has 7 heteroatoms. The van der Waals surface area contributed by atoms with Gasteiger partial charge in [0.15, 0.2) is 0 Å². The first-order chi connectivity index (χ1) is 12.1. The molecule has 0 aromatic heterocycles. The highest BCUT2D eigenvalue weighted by atomic mass is 35.5. The van der Waals surface area contributed by atoms with E-state index in [1.807, 2.05) is 6.07 Å². The molecule has 0 saturated carbocycles. The maximum absolute atomic E-state index is 13.2. The highest BCUT2D eigenvalue weighted by molar-refractivity contribution is 7.92. The Kier molecular flexibility index (Phi) is 6.31. The lowest BCUT2D eigenvalue weighted by atomic mass is 10.1. The molecular formula is C19H22ClNO4S. The number of rotatable bonds is 6. The van der Waals surface area contributed by atoms with Gasteiger partial charge in [-0.25, -0.2) is 8.42 Å². The number of benzene rings is 2. The normalized spacial score (nSPS) is 11.5. The SMILES string of the molecule is Cc1cccc(C)c1N(CC(=O)OC(C)C)S(=O)(=O)c1ccc(Cl)cc1. The van der Waals surface area contributed by atoms with E-state index < -0.39 is 22.5 Å². The standard InChI is InChI=1S/C19H22ClNO4S/c1-13(2)25-18(22)12-21(19-14(3)6-5-7-15(19)4)26(23,24)17-10-8-16(20)9-11-17/h5-11,13H,12H2,1-4H3. The van der Waals surface area contributed by atoms with E-state index in [4.69, 9.17) is 16.3 Å². The molecule has 2 aromatic rings. The fourth-order valence-corrected chi connectivity index (χ4v) is 4.30. The van der Waals surface area contributed by atoms with Crippen LogP contribution in [0.4, 0.5) is 5.69 Å². The molecule has 0 spiro atoms. The summed E-state index contributed by atoms with van der Waals surface area (Å²) in [7, 11) is -3.97. The van der Waals surface area contributed by atoms with Crippen molar-refractivity contribution in [2.24, 2.45) is 0 Å². The van der Waals surface area contributed by atoms with E-state index in [-0.39, 0.29) is 11.0 Å². The van der Waals surface area contributed by atoms with Crippen molar-refractivity contribution in [2.75, 3.05) is 10.8 Å². The van der Waals surface area contributed by atoms with E-state index >= 15 is 0 Å². The second-order valence-electron chi connectivity index (χ2n) is 6.24. The molecule has 26 heavy (non-hydrogen) atoms. The summed E-state index contributed by atoms with van der Waals surface area (Å²) in [4.78, 5) is 12.3. The number of ether oxygens (including phenoxy) is 1. The number of halogens is 1. The Balaban J connectivity index is 2.56. The van der Waals surface area contributed by atoms with Gasteiger partial charge < -0.3 is 4.74 Å². The van der Waals surface area contributed by atoms with Gasteiger partial charge in [0.1, 0.15) is 6.54 Å². The molecule has 0 saturated heterocycles. The molecule has 140 valence electrons. The van der Waals surface area contributed by atoms with Gasteiger partial charge >= 0.3 is 5.97 Å². The Labute approximate surface area is 159 Å². The van der Waals surface area contributed by atoms with E-state index in [1.54, 1.807) is 39.8 Å². The number of carbonyl (C=O) groups is 1. The van der Waals surface area contributed by atoms with Crippen molar-refractivity contribution < 1.29 is 17.9 Å². The van der Waals surface area contributed by atoms with Crippen LogP contribution in [-0.4, -0.2) is 27.0 Å². The smallest absolute Gasteiger partial charge is 0.327 e. The van der Waals surface area contributed by atoms with E-state index in [1.165, 1.54) is 24.3 Å². The zero-order chi connectivity index (χ0) is 19.5. The molecule has 0 aliphatic carbocycles. The van der Waals surface area contributed by atoms with Crippen molar-refractivity contribution in [3.05, 3.63) is 58.6 Å². The monoisotopic (exact) mass is 395 g/mol. The van der Waals surface area contributed by atoms with Crippen LogP contribution in [0.3, 0.4) is 0 Å². The van der Waals surface area contributed by atoms with E-state index in [0.29, 0.717) is 10.7 Å². The predicted molar refractivity (Wildman–Crippen MR) is 103 cm³/mol. The number of esters is 1. The Morgan fingerprint density at radius 2 is 1.62 bits per heavy atom. The molecule has 0 unspecified atom stereocenters. The number of hydrogen-bond acceptors (Lipinski definition) is 4. The molecule has 2 aromatic carbocycles. The third kappa shape index (κ3) is 4.56. The first kappa shape index (κ1) is 20.3. The highest BCUT2D eigenvalue weighted by Crippen LogP contribution is 2.30. The van der Waals surface area contributed by atoms with Crippen molar-refractivity contribution in [2.45, 2.75) is 38.7 Å². The molecule has 0 atom stereocenters. The van der Waals surface area contributed by atoms with Crippen LogP contribution in [0.2, 0.25) is 5.02 Å². The van der Waals surface area contributed by atoms with Gasteiger partial charge in [-0.2, -0.15) is 0 Å². The van der Waals surface area contributed by atoms with Crippen molar-refractivity contribution >= 4 is 33.3 Å². The predicted octanol–water partition coefficient (Wildman–Crippen LogP) is 4.10. The minimum absolute atomic E-state index is 0.0573. The van der Waals surface area contributed by atoms with Crippen LogP contribution < -0.4 is 4.31 Å². The second kappa shape index (κ2) is 8.10. The van der Waals surface area contributed by atoms with Crippen LogP contribution >= 0.6 is 11.6 Å². The summed E-state index contributed by atoms with van der Waals surface area (Å²) in [5.74, 6) is -0.611. The summed E-state index contributed by atoms with van der Waals surface area (Å²) in [6.07, 6.45) is -0.333. The molecular weight excluding hydrogens is 374 g/mol. The Bertz CT molecular complexity index is 872. The zero-order valence-electron chi connectivity index (χ0n) is 15.2. The van der Waals surface area contributed by atoms with Crippen LogP contribution in [0.1, 0.15) is 25.0 Å². The third-order valence-corrected chi connectivity index (χ3v) is 5.74. The number of anilines is 1. The Morgan fingerprint density at radius 1 is 1.08 bits per heavy atom. The van der Waals surface area contributed by atoms with Gasteiger partial charge in [-0.3, -0.25) is 9.10 Å². The number of carbonyl (C=O) groups excluding carboxylic acids is 1. The Hall–Kier alpha value is -2.05. The largest absolute Gasteiger partial charge is 0.462 e. The van der Waals surface area contributed by atoms with Crippen LogP contribution in [0.15, 0.2) is 47.4 Å². The number of nitrogens with zero attached hydrogens (tertiary/aromatic N) is 1. The molecule has 0 N–H and O–H groups in total. The number of para-hydroxylation sites is 1. The maximum atomic E-state index is 13.2. The highest BCUT2D eigenvalue weighted by Gasteiger charge is 2.30. The maximum Gasteiger partial charge on any atom is 0.327 e. The molecule has 2 rings (SSSR count). The van der Waals surface area contributed by atoms with Gasteiger partial charge in [0.05, 0.1) is 16.7 Å². The topological polar surface area (TPSA) is 63.7 Å². The van der Waals surface area contributed by atoms with Crippen LogP contribution in [0.5, 0.6) is 0 Å². The van der Waals surface area contributed by atoms with E-state index in [2.05, 4.69) is 0 Å². The summed E-state index contributed by atoms with van der Waals surface area (Å²) in [5.41, 5.74) is 1.97. The first-order valence-electron chi connectivity index (χ1n) is 8.17. The van der Waals surface area contributed by atoms with E-state index in [9.17, 15) is 13.2 Å². The zero-order valence-corrected chi connectivity index (χ0v) is 16.8. The molecule has 0 heterocycles. The summed E-state index contributed by atoms with van der Waals surface area (Å²) < 4.78 is 32.8. The van der Waals surface area contributed by atoms with Crippen LogP contribution in [0.25, 0.3) is 0 Å². The van der Waals surface area contributed by atoms with Gasteiger partial charge in [-0.1, -0.05) is 29.8 Å². The molecule has 0 amide bonds. The average Bonchev–Trinajstić information content (AvgIpc) is 2.53. The number of sulfonamides is 1. The van der Waals surface area contributed by atoms with Gasteiger partial charge in [0.2, 0.25) is 0 Å². The van der Waals surface area contributed by atoms with Gasteiger partial charge in [-0.05, 0) is 63.1 Å².